The molecule has 0 saturated carbocycles. The van der Waals surface area contributed by atoms with Crippen LogP contribution in [0.5, 0.6) is 0 Å². The highest BCUT2D eigenvalue weighted by Gasteiger charge is 2.24. The van der Waals surface area contributed by atoms with Crippen LogP contribution in [0.4, 0.5) is 4.79 Å². The lowest BCUT2D eigenvalue weighted by molar-refractivity contribution is -0.145. The van der Waals surface area contributed by atoms with Crippen LogP contribution in [0.3, 0.4) is 0 Å². The van der Waals surface area contributed by atoms with Crippen molar-refractivity contribution in [2.45, 2.75) is 31.3 Å². The minimum atomic E-state index is -1.42. The minimum absolute atomic E-state index is 0.244. The number of aliphatic carboxylic acids is 2. The number of nitrogens with one attached hydrogen (secondary N) is 2. The fraction of sp³-hybridized carbons (Fsp3) is 0.727. The van der Waals surface area contributed by atoms with Gasteiger partial charge in [0.1, 0.15) is 6.04 Å². The van der Waals surface area contributed by atoms with Gasteiger partial charge in [-0.05, 0) is 26.4 Å². The van der Waals surface area contributed by atoms with Crippen molar-refractivity contribution in [2.75, 3.05) is 20.1 Å². The highest BCUT2D eigenvalue weighted by Crippen LogP contribution is 2.13. The summed E-state index contributed by atoms with van der Waals surface area (Å²) in [6.45, 7) is 1.40. The van der Waals surface area contributed by atoms with E-state index in [9.17, 15) is 14.4 Å². The number of amides is 2. The lowest BCUT2D eigenvalue weighted by Crippen LogP contribution is -2.49. The molecule has 0 aromatic carbocycles. The van der Waals surface area contributed by atoms with Gasteiger partial charge in [0.05, 0.1) is 6.42 Å². The first-order valence-electron chi connectivity index (χ1n) is 6.09. The lowest BCUT2D eigenvalue weighted by Gasteiger charge is -2.20. The fourth-order valence-corrected chi connectivity index (χ4v) is 2.03. The van der Waals surface area contributed by atoms with Crippen LogP contribution in [-0.2, 0) is 9.59 Å². The van der Waals surface area contributed by atoms with Crippen molar-refractivity contribution in [2.24, 2.45) is 0 Å². The van der Waals surface area contributed by atoms with Crippen LogP contribution in [0.25, 0.3) is 0 Å². The Bertz CT molecular complexity index is 360. The molecule has 1 rings (SSSR count). The van der Waals surface area contributed by atoms with Gasteiger partial charge in [-0.1, -0.05) is 0 Å². The Kier molecular flexibility index (Phi) is 5.56. The zero-order valence-electron chi connectivity index (χ0n) is 10.8. The van der Waals surface area contributed by atoms with E-state index in [-0.39, 0.29) is 6.04 Å². The standard InChI is InChI=1S/C11H19N3O5/c1-14-4-2-3-7(14)6-12-11(19)13-8(10(17)18)5-9(15)16/h7-8H,2-6H2,1H3,(H,15,16)(H,17,18)(H2,12,13,19)/t7?,8-/m0/s1. The third kappa shape index (κ3) is 5.12. The van der Waals surface area contributed by atoms with Gasteiger partial charge in [0, 0.05) is 12.6 Å². The van der Waals surface area contributed by atoms with Crippen LogP contribution >= 0.6 is 0 Å². The molecule has 0 aromatic heterocycles. The van der Waals surface area contributed by atoms with E-state index in [0.29, 0.717) is 6.54 Å². The molecule has 0 spiro atoms. The number of hydrogen-bond acceptors (Lipinski definition) is 4. The molecule has 1 unspecified atom stereocenters. The molecule has 2 atom stereocenters. The summed E-state index contributed by atoms with van der Waals surface area (Å²) in [6, 6.07) is -1.83. The van der Waals surface area contributed by atoms with Gasteiger partial charge in [0.2, 0.25) is 0 Å². The molecule has 2 amide bonds. The molecule has 8 heteroatoms. The number of rotatable bonds is 6. The third-order valence-corrected chi connectivity index (χ3v) is 3.15. The monoisotopic (exact) mass is 273 g/mol. The molecule has 19 heavy (non-hydrogen) atoms. The van der Waals surface area contributed by atoms with Crippen molar-refractivity contribution in [3.63, 3.8) is 0 Å². The first-order valence-corrected chi connectivity index (χ1v) is 6.09. The lowest BCUT2D eigenvalue weighted by atomic mass is 10.2. The van der Waals surface area contributed by atoms with Crippen LogP contribution in [0.2, 0.25) is 0 Å². The zero-order valence-corrected chi connectivity index (χ0v) is 10.8. The van der Waals surface area contributed by atoms with Crippen LogP contribution in [-0.4, -0.2) is 65.3 Å². The first kappa shape index (κ1) is 15.2. The van der Waals surface area contributed by atoms with Gasteiger partial charge >= 0.3 is 18.0 Å². The molecule has 1 aliphatic rings. The van der Waals surface area contributed by atoms with Crippen LogP contribution < -0.4 is 10.6 Å². The van der Waals surface area contributed by atoms with Gasteiger partial charge in [0.15, 0.2) is 0 Å². The molecule has 1 aliphatic heterocycles. The Balaban J connectivity index is 2.35. The Morgan fingerprint density at radius 2 is 2.05 bits per heavy atom. The minimum Gasteiger partial charge on any atom is -0.481 e. The topological polar surface area (TPSA) is 119 Å². The van der Waals surface area contributed by atoms with Crippen LogP contribution in [0.15, 0.2) is 0 Å². The van der Waals surface area contributed by atoms with Crippen LogP contribution in [0, 0.1) is 0 Å². The highest BCUT2D eigenvalue weighted by molar-refractivity contribution is 5.86. The zero-order chi connectivity index (χ0) is 14.4. The van der Waals surface area contributed by atoms with Gasteiger partial charge < -0.3 is 25.7 Å². The second kappa shape index (κ2) is 6.93. The predicted octanol–water partition coefficient (Wildman–Crippen LogP) is -0.692. The quantitative estimate of drug-likeness (QED) is 0.508. The highest BCUT2D eigenvalue weighted by atomic mass is 16.4. The molecule has 0 bridgehead atoms. The van der Waals surface area contributed by atoms with E-state index in [0.717, 1.165) is 19.4 Å². The van der Waals surface area contributed by atoms with Gasteiger partial charge in [-0.3, -0.25) is 4.79 Å². The predicted molar refractivity (Wildman–Crippen MR) is 65.9 cm³/mol. The Labute approximate surface area is 110 Å². The summed E-state index contributed by atoms with van der Waals surface area (Å²) in [6.07, 6.45) is 1.40. The Morgan fingerprint density at radius 3 is 2.53 bits per heavy atom. The summed E-state index contributed by atoms with van der Waals surface area (Å²) < 4.78 is 0. The second-order valence-corrected chi connectivity index (χ2v) is 4.62. The van der Waals surface area contributed by atoms with E-state index in [2.05, 4.69) is 15.5 Å². The molecule has 1 saturated heterocycles. The average Bonchev–Trinajstić information content (AvgIpc) is 2.70. The van der Waals surface area contributed by atoms with Gasteiger partial charge in [0.25, 0.3) is 0 Å². The number of carboxylic acid groups (broad SMARTS) is 2. The van der Waals surface area contributed by atoms with Crippen molar-refractivity contribution < 1.29 is 24.6 Å². The van der Waals surface area contributed by atoms with Crippen molar-refractivity contribution in [1.29, 1.82) is 0 Å². The van der Waals surface area contributed by atoms with E-state index >= 15 is 0 Å². The summed E-state index contributed by atoms with van der Waals surface area (Å²) in [5.74, 6) is -2.64. The molecule has 1 fully saturated rings. The average molecular weight is 273 g/mol. The molecule has 0 radical (unpaired) electrons. The number of urea groups is 1. The maximum Gasteiger partial charge on any atom is 0.326 e. The smallest absolute Gasteiger partial charge is 0.326 e. The summed E-state index contributed by atoms with van der Waals surface area (Å²) in [5.41, 5.74) is 0. The Hall–Kier alpha value is -1.83. The second-order valence-electron chi connectivity index (χ2n) is 4.62. The van der Waals surface area contributed by atoms with Gasteiger partial charge in [-0.2, -0.15) is 0 Å². The van der Waals surface area contributed by atoms with E-state index in [1.54, 1.807) is 0 Å². The third-order valence-electron chi connectivity index (χ3n) is 3.15. The van der Waals surface area contributed by atoms with E-state index in [4.69, 9.17) is 10.2 Å². The van der Waals surface area contributed by atoms with Crippen molar-refractivity contribution in [1.82, 2.24) is 15.5 Å². The first-order chi connectivity index (χ1) is 8.90. The summed E-state index contributed by atoms with van der Waals surface area (Å²) in [5, 5.41) is 22.0. The van der Waals surface area contributed by atoms with E-state index in [1.165, 1.54) is 0 Å². The summed E-state index contributed by atoms with van der Waals surface area (Å²) >= 11 is 0. The SMILES string of the molecule is CN1CCCC1CNC(=O)N[C@@H](CC(=O)O)C(=O)O. The maximum absolute atomic E-state index is 11.5. The summed E-state index contributed by atoms with van der Waals surface area (Å²) in [7, 11) is 1.96. The molecular weight excluding hydrogens is 254 g/mol. The van der Waals surface area contributed by atoms with Gasteiger partial charge in [-0.25, -0.2) is 9.59 Å². The number of likely N-dealkylation sites (N-methyl/N-ethyl adjacent to an activating group) is 1. The fourth-order valence-electron chi connectivity index (χ4n) is 2.03. The number of nitrogens with zero attached hydrogens (tertiary/aromatic N) is 1. The molecule has 8 nitrogen and oxygen atoms in total. The van der Waals surface area contributed by atoms with Crippen molar-refractivity contribution in [3.05, 3.63) is 0 Å². The maximum atomic E-state index is 11.5. The molecule has 1 heterocycles. The van der Waals surface area contributed by atoms with E-state index < -0.39 is 30.4 Å². The Morgan fingerprint density at radius 1 is 1.37 bits per heavy atom. The molecule has 0 aliphatic carbocycles. The number of carbonyl (C=O) groups is 3. The van der Waals surface area contributed by atoms with Gasteiger partial charge in [-0.15, -0.1) is 0 Å². The number of likely N-dealkylation sites (tertiary alicyclic amines) is 1. The number of hydrogen-bond donors (Lipinski definition) is 4. The molecule has 4 N–H and O–H groups in total. The largest absolute Gasteiger partial charge is 0.481 e. The summed E-state index contributed by atoms with van der Waals surface area (Å²) in [4.78, 5) is 34.9. The van der Waals surface area contributed by atoms with E-state index in [1.807, 2.05) is 7.05 Å². The van der Waals surface area contributed by atoms with Crippen molar-refractivity contribution >= 4 is 18.0 Å². The molecular formula is C11H19N3O5. The number of carbonyl (C=O) groups excluding carboxylic acids is 1. The normalized spacial score (nSPS) is 20.8. The molecule has 0 aromatic rings. The van der Waals surface area contributed by atoms with Crippen LogP contribution in [0.1, 0.15) is 19.3 Å². The van der Waals surface area contributed by atoms with Crippen molar-refractivity contribution in [3.8, 4) is 0 Å². The molecule has 108 valence electrons. The number of carboxylic acids is 2.